The van der Waals surface area contributed by atoms with Gasteiger partial charge in [0.05, 0.1) is 25.5 Å². The number of nitrogens with one attached hydrogen (secondary N) is 2. The molecular weight excluding hydrogens is 336 g/mol. The number of anilines is 1. The Morgan fingerprint density at radius 3 is 2.77 bits per heavy atom. The Labute approximate surface area is 150 Å². The number of aromatic nitrogens is 4. The van der Waals surface area contributed by atoms with E-state index in [-0.39, 0.29) is 30.0 Å². The summed E-state index contributed by atoms with van der Waals surface area (Å²) in [6, 6.07) is 0.262. The summed E-state index contributed by atoms with van der Waals surface area (Å²) in [7, 11) is 3.43. The number of piperidine rings is 1. The molecule has 2 aromatic rings. The van der Waals surface area contributed by atoms with Crippen molar-refractivity contribution in [3.05, 3.63) is 29.2 Å². The van der Waals surface area contributed by atoms with Gasteiger partial charge in [0.15, 0.2) is 0 Å². The van der Waals surface area contributed by atoms with Crippen LogP contribution in [0.5, 0.6) is 0 Å². The van der Waals surface area contributed by atoms with Crippen LogP contribution >= 0.6 is 0 Å². The van der Waals surface area contributed by atoms with E-state index in [1.165, 1.54) is 7.11 Å². The van der Waals surface area contributed by atoms with Crippen LogP contribution in [0, 0.1) is 0 Å². The predicted molar refractivity (Wildman–Crippen MR) is 93.0 cm³/mol. The lowest BCUT2D eigenvalue weighted by molar-refractivity contribution is -0.116. The average Bonchev–Trinajstić information content (AvgIpc) is 3.28. The molecule has 2 aromatic heterocycles. The SMILES string of the molecule is COC(=O)c1[nH]ncc1C1CC(=O)Nc2c1cnn2C1CCN(C)CC1. The average molecular weight is 358 g/mol. The molecule has 1 unspecified atom stereocenters. The molecule has 2 aliphatic rings. The highest BCUT2D eigenvalue weighted by Crippen LogP contribution is 2.40. The van der Waals surface area contributed by atoms with Gasteiger partial charge in [-0.1, -0.05) is 0 Å². The van der Waals surface area contributed by atoms with Gasteiger partial charge in [-0.25, -0.2) is 9.48 Å². The normalized spacial score (nSPS) is 21.3. The Kier molecular flexibility index (Phi) is 4.23. The van der Waals surface area contributed by atoms with Crippen LogP contribution in [0.1, 0.15) is 52.8 Å². The number of rotatable bonds is 3. The third-order valence-electron chi connectivity index (χ3n) is 5.31. The number of hydrogen-bond acceptors (Lipinski definition) is 6. The summed E-state index contributed by atoms with van der Waals surface area (Å²) in [6.45, 7) is 2.01. The fourth-order valence-corrected chi connectivity index (χ4v) is 3.86. The van der Waals surface area contributed by atoms with E-state index in [4.69, 9.17) is 4.74 Å². The minimum atomic E-state index is -0.493. The first kappa shape index (κ1) is 16.8. The number of aromatic amines is 1. The summed E-state index contributed by atoms with van der Waals surface area (Å²) in [4.78, 5) is 26.6. The van der Waals surface area contributed by atoms with Crippen LogP contribution in [-0.4, -0.2) is 64.0 Å². The zero-order valence-electron chi connectivity index (χ0n) is 14.9. The van der Waals surface area contributed by atoms with E-state index in [0.29, 0.717) is 5.56 Å². The molecule has 0 aromatic carbocycles. The van der Waals surface area contributed by atoms with Gasteiger partial charge in [0.2, 0.25) is 5.91 Å². The summed E-state index contributed by atoms with van der Waals surface area (Å²) >= 11 is 0. The Balaban J connectivity index is 1.70. The van der Waals surface area contributed by atoms with Crippen LogP contribution in [0.15, 0.2) is 12.4 Å². The van der Waals surface area contributed by atoms with Gasteiger partial charge >= 0.3 is 5.97 Å². The number of carbonyl (C=O) groups is 2. The molecule has 2 aliphatic heterocycles. The van der Waals surface area contributed by atoms with Gasteiger partial charge < -0.3 is 15.0 Å². The van der Waals surface area contributed by atoms with Gasteiger partial charge in [-0.15, -0.1) is 0 Å². The van der Waals surface area contributed by atoms with E-state index in [0.717, 1.165) is 37.3 Å². The smallest absolute Gasteiger partial charge is 0.356 e. The molecule has 0 radical (unpaired) electrons. The van der Waals surface area contributed by atoms with E-state index in [1.807, 2.05) is 4.68 Å². The van der Waals surface area contributed by atoms with Crippen molar-refractivity contribution in [2.45, 2.75) is 31.2 Å². The Bertz CT molecular complexity index is 833. The molecule has 1 atom stereocenters. The first-order chi connectivity index (χ1) is 12.6. The maximum atomic E-state index is 12.4. The molecule has 4 rings (SSSR count). The Morgan fingerprint density at radius 2 is 2.04 bits per heavy atom. The van der Waals surface area contributed by atoms with Crippen molar-refractivity contribution in [3.8, 4) is 0 Å². The molecule has 2 N–H and O–H groups in total. The third-order valence-corrected chi connectivity index (χ3v) is 5.31. The molecule has 9 nitrogen and oxygen atoms in total. The maximum absolute atomic E-state index is 12.4. The number of likely N-dealkylation sites (tertiary alicyclic amines) is 1. The number of hydrogen-bond donors (Lipinski definition) is 2. The third kappa shape index (κ3) is 2.78. The van der Waals surface area contributed by atoms with Crippen molar-refractivity contribution in [1.82, 2.24) is 24.9 Å². The molecule has 138 valence electrons. The van der Waals surface area contributed by atoms with E-state index in [2.05, 4.69) is 32.6 Å². The lowest BCUT2D eigenvalue weighted by Gasteiger charge is -2.31. The monoisotopic (exact) mass is 358 g/mol. The molecule has 9 heteroatoms. The molecule has 0 saturated carbocycles. The fourth-order valence-electron chi connectivity index (χ4n) is 3.86. The summed E-state index contributed by atoms with van der Waals surface area (Å²) < 4.78 is 6.75. The molecule has 4 heterocycles. The molecule has 26 heavy (non-hydrogen) atoms. The van der Waals surface area contributed by atoms with E-state index in [1.54, 1.807) is 12.4 Å². The van der Waals surface area contributed by atoms with Gasteiger partial charge in [0.1, 0.15) is 11.5 Å². The topological polar surface area (TPSA) is 105 Å². The minimum absolute atomic E-state index is 0.0887. The van der Waals surface area contributed by atoms with Crippen molar-refractivity contribution < 1.29 is 14.3 Å². The first-order valence-corrected chi connectivity index (χ1v) is 8.76. The van der Waals surface area contributed by atoms with Crippen molar-refractivity contribution >= 4 is 17.7 Å². The largest absolute Gasteiger partial charge is 0.464 e. The fraction of sp³-hybridized carbons (Fsp3) is 0.529. The Morgan fingerprint density at radius 1 is 1.27 bits per heavy atom. The van der Waals surface area contributed by atoms with Gasteiger partial charge in [0.25, 0.3) is 0 Å². The number of H-pyrrole nitrogens is 1. The molecule has 0 spiro atoms. The summed E-state index contributed by atoms with van der Waals surface area (Å²) in [6.07, 6.45) is 5.61. The van der Waals surface area contributed by atoms with Crippen LogP contribution in [0.3, 0.4) is 0 Å². The summed E-state index contributed by atoms with van der Waals surface area (Å²) in [5, 5.41) is 14.2. The van der Waals surface area contributed by atoms with Crippen LogP contribution in [0.2, 0.25) is 0 Å². The molecule has 1 saturated heterocycles. The van der Waals surface area contributed by atoms with Gasteiger partial charge in [-0.05, 0) is 33.0 Å². The van der Waals surface area contributed by atoms with Gasteiger partial charge in [-0.2, -0.15) is 10.2 Å². The highest BCUT2D eigenvalue weighted by Gasteiger charge is 2.35. The lowest BCUT2D eigenvalue weighted by Crippen LogP contribution is -2.33. The highest BCUT2D eigenvalue weighted by molar-refractivity contribution is 5.95. The number of amides is 1. The quantitative estimate of drug-likeness (QED) is 0.797. The molecular formula is C17H22N6O3. The van der Waals surface area contributed by atoms with E-state index in [9.17, 15) is 9.59 Å². The van der Waals surface area contributed by atoms with Crippen LogP contribution in [-0.2, 0) is 9.53 Å². The predicted octanol–water partition coefficient (Wildman–Crippen LogP) is 1.13. The molecule has 1 fully saturated rings. The Hall–Kier alpha value is -2.68. The number of ether oxygens (including phenoxy) is 1. The van der Waals surface area contributed by atoms with Crippen molar-refractivity contribution in [3.63, 3.8) is 0 Å². The zero-order valence-corrected chi connectivity index (χ0v) is 14.9. The van der Waals surface area contributed by atoms with E-state index >= 15 is 0 Å². The molecule has 0 aliphatic carbocycles. The summed E-state index contributed by atoms with van der Waals surface area (Å²) in [5.74, 6) is -0.119. The van der Waals surface area contributed by atoms with Crippen molar-refractivity contribution in [2.24, 2.45) is 0 Å². The van der Waals surface area contributed by atoms with Crippen LogP contribution in [0.25, 0.3) is 0 Å². The minimum Gasteiger partial charge on any atom is -0.464 e. The molecule has 1 amide bonds. The second kappa shape index (κ2) is 6.56. The van der Waals surface area contributed by atoms with Crippen molar-refractivity contribution in [2.75, 3.05) is 32.6 Å². The van der Waals surface area contributed by atoms with Crippen LogP contribution in [0.4, 0.5) is 5.82 Å². The standard InChI is InChI=1S/C17H22N6O3/c1-22-5-3-10(4-6-22)23-16-13(9-19-23)11(7-14(24)20-16)12-8-18-21-15(12)17(25)26-2/h8-11H,3-7H2,1-2H3,(H,18,21)(H,20,24). The number of esters is 1. The van der Waals surface area contributed by atoms with Gasteiger partial charge in [-0.3, -0.25) is 9.89 Å². The number of fused-ring (bicyclic) bond motifs is 1. The number of carbonyl (C=O) groups excluding carboxylic acids is 2. The van der Waals surface area contributed by atoms with Crippen molar-refractivity contribution in [1.29, 1.82) is 0 Å². The zero-order chi connectivity index (χ0) is 18.3. The molecule has 0 bridgehead atoms. The second-order valence-corrected chi connectivity index (χ2v) is 6.92. The maximum Gasteiger partial charge on any atom is 0.356 e. The lowest BCUT2D eigenvalue weighted by atomic mass is 9.87. The summed E-state index contributed by atoms with van der Waals surface area (Å²) in [5.41, 5.74) is 1.86. The second-order valence-electron chi connectivity index (χ2n) is 6.92. The van der Waals surface area contributed by atoms with Gasteiger partial charge in [0, 0.05) is 23.5 Å². The first-order valence-electron chi connectivity index (χ1n) is 8.76. The number of methoxy groups -OCH3 is 1. The van der Waals surface area contributed by atoms with Crippen LogP contribution < -0.4 is 5.32 Å². The van der Waals surface area contributed by atoms with E-state index < -0.39 is 5.97 Å². The number of nitrogens with zero attached hydrogens (tertiary/aromatic N) is 4. The highest BCUT2D eigenvalue weighted by atomic mass is 16.5.